The molecule has 5 nitrogen and oxygen atoms in total. The van der Waals surface area contributed by atoms with E-state index in [9.17, 15) is 0 Å². The zero-order chi connectivity index (χ0) is 17.9. The Bertz CT molecular complexity index is 735. The van der Waals surface area contributed by atoms with Crippen LogP contribution in [0.5, 0.6) is 0 Å². The van der Waals surface area contributed by atoms with E-state index in [1.807, 2.05) is 6.92 Å². The second-order valence-corrected chi connectivity index (χ2v) is 7.69. The molecule has 2 N–H and O–H groups in total. The number of benzene rings is 1. The number of hydrogen-bond acceptors (Lipinski definition) is 4. The van der Waals surface area contributed by atoms with Crippen LogP contribution in [0, 0.1) is 19.8 Å². The van der Waals surface area contributed by atoms with Gasteiger partial charge < -0.3 is 15.4 Å². The average Bonchev–Trinajstić information content (AvgIpc) is 3.27. The van der Waals surface area contributed by atoms with E-state index in [1.165, 1.54) is 36.2 Å². The number of ether oxygens (including phenoxy) is 1. The molecule has 3 atom stereocenters. The number of morpholine rings is 1. The Hall–Kier alpha value is -1.69. The minimum atomic E-state index is 0.495. The Balaban J connectivity index is 1.47. The predicted molar refractivity (Wildman–Crippen MR) is 104 cm³/mol. The van der Waals surface area contributed by atoms with Crippen LogP contribution >= 0.6 is 0 Å². The van der Waals surface area contributed by atoms with Crippen LogP contribution in [-0.4, -0.2) is 41.6 Å². The van der Waals surface area contributed by atoms with Gasteiger partial charge in [-0.2, -0.15) is 5.10 Å². The van der Waals surface area contributed by atoms with Gasteiger partial charge in [-0.25, -0.2) is 4.68 Å². The summed E-state index contributed by atoms with van der Waals surface area (Å²) in [5, 5.41) is 12.2. The Labute approximate surface area is 156 Å². The van der Waals surface area contributed by atoms with E-state index in [2.05, 4.69) is 57.7 Å². The van der Waals surface area contributed by atoms with Gasteiger partial charge in [-0.05, 0) is 50.3 Å². The van der Waals surface area contributed by atoms with Gasteiger partial charge in [0.2, 0.25) is 0 Å². The number of nitrogens with zero attached hydrogens (tertiary/aromatic N) is 2. The van der Waals surface area contributed by atoms with Crippen LogP contribution in [0.1, 0.15) is 36.2 Å². The van der Waals surface area contributed by atoms with Gasteiger partial charge in [-0.3, -0.25) is 0 Å². The molecule has 0 spiro atoms. The summed E-state index contributed by atoms with van der Waals surface area (Å²) >= 11 is 0. The second kappa shape index (κ2) is 7.91. The van der Waals surface area contributed by atoms with E-state index in [1.54, 1.807) is 0 Å². The van der Waals surface area contributed by atoms with Gasteiger partial charge in [0.15, 0.2) is 0 Å². The molecule has 26 heavy (non-hydrogen) atoms. The molecule has 1 aliphatic carbocycles. The van der Waals surface area contributed by atoms with E-state index in [0.29, 0.717) is 18.0 Å². The van der Waals surface area contributed by atoms with Crippen molar-refractivity contribution in [1.29, 1.82) is 0 Å². The van der Waals surface area contributed by atoms with Crippen molar-refractivity contribution in [2.45, 2.75) is 51.7 Å². The van der Waals surface area contributed by atoms with E-state index in [4.69, 9.17) is 4.74 Å². The Morgan fingerprint density at radius 1 is 1.27 bits per heavy atom. The van der Waals surface area contributed by atoms with Crippen molar-refractivity contribution in [3.05, 3.63) is 47.3 Å². The summed E-state index contributed by atoms with van der Waals surface area (Å²) in [6.07, 6.45) is 3.85. The number of nitrogens with one attached hydrogen (secondary N) is 2. The zero-order valence-corrected chi connectivity index (χ0v) is 15.9. The van der Waals surface area contributed by atoms with Crippen molar-refractivity contribution in [1.82, 2.24) is 20.4 Å². The molecule has 1 saturated carbocycles. The molecule has 140 valence electrons. The molecular formula is C21H30N4O. The third kappa shape index (κ3) is 3.70. The highest BCUT2D eigenvalue weighted by atomic mass is 16.5. The van der Waals surface area contributed by atoms with E-state index >= 15 is 0 Å². The highest BCUT2D eigenvalue weighted by molar-refractivity contribution is 5.41. The van der Waals surface area contributed by atoms with Crippen molar-refractivity contribution in [2.24, 2.45) is 5.92 Å². The first-order valence-electron chi connectivity index (χ1n) is 9.88. The minimum absolute atomic E-state index is 0.495. The first kappa shape index (κ1) is 17.7. The summed E-state index contributed by atoms with van der Waals surface area (Å²) in [5.41, 5.74) is 4.72. The lowest BCUT2D eigenvalue weighted by Crippen LogP contribution is -2.50. The molecule has 0 amide bonds. The molecule has 0 radical (unpaired) electrons. The van der Waals surface area contributed by atoms with Gasteiger partial charge in [-0.15, -0.1) is 0 Å². The Morgan fingerprint density at radius 3 is 2.92 bits per heavy atom. The molecule has 2 aliphatic rings. The van der Waals surface area contributed by atoms with Crippen LogP contribution in [0.25, 0.3) is 5.69 Å². The molecular weight excluding hydrogens is 324 g/mol. The number of aromatic nitrogens is 2. The Morgan fingerprint density at radius 2 is 2.15 bits per heavy atom. The molecule has 3 unspecified atom stereocenters. The zero-order valence-electron chi connectivity index (χ0n) is 15.9. The molecule has 2 aromatic rings. The van der Waals surface area contributed by atoms with E-state index < -0.39 is 0 Å². The largest absolute Gasteiger partial charge is 0.379 e. The van der Waals surface area contributed by atoms with Gasteiger partial charge >= 0.3 is 0 Å². The van der Waals surface area contributed by atoms with Crippen LogP contribution in [-0.2, 0) is 11.3 Å². The Kier molecular flexibility index (Phi) is 5.38. The van der Waals surface area contributed by atoms with Gasteiger partial charge in [0.05, 0.1) is 24.6 Å². The maximum Gasteiger partial charge on any atom is 0.0693 e. The fourth-order valence-corrected chi connectivity index (χ4v) is 4.57. The lowest BCUT2D eigenvalue weighted by atomic mass is 9.94. The number of para-hydroxylation sites is 1. The second-order valence-electron chi connectivity index (χ2n) is 7.69. The SMILES string of the molecule is Cc1cc(C)n(-c2ccccc2CNC2CCCC2C2COCCN2)n1. The average molecular weight is 354 g/mol. The molecule has 1 saturated heterocycles. The van der Waals surface area contributed by atoms with Gasteiger partial charge in [0.25, 0.3) is 0 Å². The fourth-order valence-electron chi connectivity index (χ4n) is 4.57. The van der Waals surface area contributed by atoms with Gasteiger partial charge in [0.1, 0.15) is 0 Å². The summed E-state index contributed by atoms with van der Waals surface area (Å²) in [5.74, 6) is 0.663. The summed E-state index contributed by atoms with van der Waals surface area (Å²) in [6, 6.07) is 11.8. The van der Waals surface area contributed by atoms with E-state index in [-0.39, 0.29) is 0 Å². The highest BCUT2D eigenvalue weighted by Gasteiger charge is 2.34. The number of hydrogen-bond donors (Lipinski definition) is 2. The van der Waals surface area contributed by atoms with Crippen molar-refractivity contribution >= 4 is 0 Å². The lowest BCUT2D eigenvalue weighted by Gasteiger charge is -2.33. The molecule has 4 rings (SSSR count). The summed E-state index contributed by atoms with van der Waals surface area (Å²) in [6.45, 7) is 7.72. The predicted octanol–water partition coefficient (Wildman–Crippen LogP) is 2.74. The quantitative estimate of drug-likeness (QED) is 0.867. The fraction of sp³-hybridized carbons (Fsp3) is 0.571. The summed E-state index contributed by atoms with van der Waals surface area (Å²) < 4.78 is 7.76. The first-order chi connectivity index (χ1) is 12.7. The molecule has 0 bridgehead atoms. The number of rotatable bonds is 5. The highest BCUT2D eigenvalue weighted by Crippen LogP contribution is 2.30. The van der Waals surface area contributed by atoms with E-state index in [0.717, 1.165) is 32.0 Å². The smallest absolute Gasteiger partial charge is 0.0693 e. The molecule has 2 heterocycles. The number of aryl methyl sites for hydroxylation is 2. The maximum atomic E-state index is 5.70. The van der Waals surface area contributed by atoms with Crippen molar-refractivity contribution < 1.29 is 4.74 Å². The molecule has 2 fully saturated rings. The van der Waals surface area contributed by atoms with Crippen LogP contribution in [0.3, 0.4) is 0 Å². The van der Waals surface area contributed by atoms with Crippen LogP contribution in [0.2, 0.25) is 0 Å². The minimum Gasteiger partial charge on any atom is -0.379 e. The topological polar surface area (TPSA) is 51.1 Å². The van der Waals surface area contributed by atoms with Crippen LogP contribution in [0.15, 0.2) is 30.3 Å². The molecule has 5 heteroatoms. The summed E-state index contributed by atoms with van der Waals surface area (Å²) in [7, 11) is 0. The third-order valence-electron chi connectivity index (χ3n) is 5.82. The first-order valence-corrected chi connectivity index (χ1v) is 9.88. The maximum absolute atomic E-state index is 5.70. The van der Waals surface area contributed by atoms with Crippen LogP contribution < -0.4 is 10.6 Å². The normalized spacial score (nSPS) is 26.3. The van der Waals surface area contributed by atoms with Crippen molar-refractivity contribution in [3.8, 4) is 5.69 Å². The van der Waals surface area contributed by atoms with Gasteiger partial charge in [-0.1, -0.05) is 24.6 Å². The third-order valence-corrected chi connectivity index (χ3v) is 5.82. The molecule has 1 aromatic heterocycles. The molecule has 1 aromatic carbocycles. The van der Waals surface area contributed by atoms with Crippen molar-refractivity contribution in [3.63, 3.8) is 0 Å². The van der Waals surface area contributed by atoms with Crippen LogP contribution in [0.4, 0.5) is 0 Å². The molecule has 1 aliphatic heterocycles. The standard InChI is InChI=1S/C21H30N4O/c1-15-12-16(2)25(24-15)21-9-4-3-6-17(21)13-23-19-8-5-7-18(19)20-14-26-11-10-22-20/h3-4,6,9,12,18-20,22-23H,5,7-8,10-11,13-14H2,1-2H3. The van der Waals surface area contributed by atoms with Gasteiger partial charge in [0, 0.05) is 30.9 Å². The van der Waals surface area contributed by atoms with Crippen molar-refractivity contribution in [2.75, 3.05) is 19.8 Å². The lowest BCUT2D eigenvalue weighted by molar-refractivity contribution is 0.0524. The summed E-state index contributed by atoms with van der Waals surface area (Å²) in [4.78, 5) is 0. The monoisotopic (exact) mass is 354 g/mol.